The maximum absolute atomic E-state index is 12.6. The van der Waals surface area contributed by atoms with E-state index in [9.17, 15) is 9.90 Å². The van der Waals surface area contributed by atoms with E-state index in [2.05, 4.69) is 28.8 Å². The Morgan fingerprint density at radius 1 is 0.963 bits per heavy atom. The van der Waals surface area contributed by atoms with Gasteiger partial charge in [-0.25, -0.2) is 5.43 Å². The first-order valence-electron chi connectivity index (χ1n) is 8.59. The summed E-state index contributed by atoms with van der Waals surface area (Å²) in [4.78, 5) is 12.6. The number of carbonyl (C=O) groups is 1. The number of aryl methyl sites for hydroxylation is 1. The monoisotopic (exact) mass is 359 g/mol. The number of hydrogen-bond donors (Lipinski definition) is 3. The predicted octanol–water partition coefficient (Wildman–Crippen LogP) is 4.52. The van der Waals surface area contributed by atoms with Crippen LogP contribution in [0.25, 0.3) is 0 Å². The van der Waals surface area contributed by atoms with Gasteiger partial charge in [0.2, 0.25) is 0 Å². The normalized spacial score (nSPS) is 10.7. The maximum atomic E-state index is 12.6. The molecule has 0 aromatic heterocycles. The molecule has 3 aromatic rings. The van der Waals surface area contributed by atoms with Crippen molar-refractivity contribution in [2.24, 2.45) is 5.10 Å². The Hall–Kier alpha value is -3.60. The van der Waals surface area contributed by atoms with Crippen molar-refractivity contribution in [1.29, 1.82) is 0 Å². The molecule has 0 aliphatic rings. The largest absolute Gasteiger partial charge is 0.508 e. The number of anilines is 2. The highest BCUT2D eigenvalue weighted by atomic mass is 16.3. The number of hydrazone groups is 1. The lowest BCUT2D eigenvalue weighted by molar-refractivity contribution is 0.0956. The van der Waals surface area contributed by atoms with E-state index >= 15 is 0 Å². The molecule has 0 atom stereocenters. The Balaban J connectivity index is 1.77. The summed E-state index contributed by atoms with van der Waals surface area (Å²) in [6, 6.07) is 19.9. The molecule has 3 N–H and O–H groups in total. The number of nitrogens with zero attached hydrogens (tertiary/aromatic N) is 1. The van der Waals surface area contributed by atoms with Crippen LogP contribution in [0, 0.1) is 13.8 Å². The van der Waals surface area contributed by atoms with Crippen LogP contribution in [0.3, 0.4) is 0 Å². The lowest BCUT2D eigenvalue weighted by Crippen LogP contribution is -2.19. The zero-order chi connectivity index (χ0) is 19.2. The average Bonchev–Trinajstić information content (AvgIpc) is 2.66. The van der Waals surface area contributed by atoms with Gasteiger partial charge in [-0.05, 0) is 60.9 Å². The van der Waals surface area contributed by atoms with Gasteiger partial charge in [0.1, 0.15) is 5.75 Å². The summed E-state index contributed by atoms with van der Waals surface area (Å²) in [7, 11) is 0. The quantitative estimate of drug-likeness (QED) is 0.463. The molecular formula is C22H21N3O2. The number of hydrogen-bond acceptors (Lipinski definition) is 4. The fraction of sp³-hybridized carbons (Fsp3) is 0.0909. The predicted molar refractivity (Wildman–Crippen MR) is 109 cm³/mol. The van der Waals surface area contributed by atoms with Gasteiger partial charge in [-0.3, -0.25) is 4.79 Å². The molecule has 27 heavy (non-hydrogen) atoms. The van der Waals surface area contributed by atoms with Gasteiger partial charge in [-0.2, -0.15) is 5.10 Å². The van der Waals surface area contributed by atoms with Crippen LogP contribution >= 0.6 is 0 Å². The van der Waals surface area contributed by atoms with Crippen molar-refractivity contribution in [1.82, 2.24) is 5.43 Å². The molecule has 5 heteroatoms. The summed E-state index contributed by atoms with van der Waals surface area (Å²) >= 11 is 0. The van der Waals surface area contributed by atoms with Gasteiger partial charge in [0.05, 0.1) is 17.5 Å². The zero-order valence-corrected chi connectivity index (χ0v) is 15.2. The highest BCUT2D eigenvalue weighted by Gasteiger charge is 2.11. The van der Waals surface area contributed by atoms with Crippen LogP contribution in [-0.4, -0.2) is 17.2 Å². The minimum atomic E-state index is -0.320. The van der Waals surface area contributed by atoms with Crippen molar-refractivity contribution in [3.05, 3.63) is 89.0 Å². The van der Waals surface area contributed by atoms with Crippen molar-refractivity contribution >= 4 is 23.5 Å². The highest BCUT2D eigenvalue weighted by Crippen LogP contribution is 2.25. The molecule has 3 aromatic carbocycles. The molecule has 0 aliphatic heterocycles. The first-order valence-corrected chi connectivity index (χ1v) is 8.59. The van der Waals surface area contributed by atoms with Crippen LogP contribution in [0.4, 0.5) is 11.4 Å². The Labute approximate surface area is 158 Å². The summed E-state index contributed by atoms with van der Waals surface area (Å²) < 4.78 is 0. The summed E-state index contributed by atoms with van der Waals surface area (Å²) in [5.74, 6) is -0.173. The molecule has 0 fully saturated rings. The molecule has 0 saturated carbocycles. The van der Waals surface area contributed by atoms with E-state index in [1.165, 1.54) is 11.8 Å². The van der Waals surface area contributed by atoms with Gasteiger partial charge in [0, 0.05) is 5.69 Å². The number of carbonyl (C=O) groups excluding carboxylic acids is 1. The zero-order valence-electron chi connectivity index (χ0n) is 15.2. The van der Waals surface area contributed by atoms with Crippen LogP contribution < -0.4 is 10.7 Å². The highest BCUT2D eigenvalue weighted by molar-refractivity contribution is 6.00. The molecule has 0 saturated heterocycles. The third-order valence-electron chi connectivity index (χ3n) is 4.30. The topological polar surface area (TPSA) is 73.7 Å². The first kappa shape index (κ1) is 18.2. The van der Waals surface area contributed by atoms with Crippen molar-refractivity contribution < 1.29 is 9.90 Å². The fourth-order valence-corrected chi connectivity index (χ4v) is 2.65. The molecule has 0 radical (unpaired) electrons. The van der Waals surface area contributed by atoms with Crippen molar-refractivity contribution in [3.63, 3.8) is 0 Å². The number of nitrogens with one attached hydrogen (secondary N) is 2. The van der Waals surface area contributed by atoms with Gasteiger partial charge in [-0.1, -0.05) is 36.4 Å². The standard InChI is InChI=1S/C22H21N3O2/c1-15-7-5-12-20(16(15)2)24-21-11-4-3-10-19(21)22(27)25-23-14-17-8-6-9-18(26)13-17/h3-14,24,26H,1-2H3,(H,25,27)/b23-14+. The molecule has 1 amide bonds. The van der Waals surface area contributed by atoms with E-state index in [-0.39, 0.29) is 11.7 Å². The number of phenolic OH excluding ortho intramolecular Hbond substituents is 1. The van der Waals surface area contributed by atoms with Gasteiger partial charge < -0.3 is 10.4 Å². The molecule has 5 nitrogen and oxygen atoms in total. The van der Waals surface area contributed by atoms with E-state index in [4.69, 9.17) is 0 Å². The number of amides is 1. The SMILES string of the molecule is Cc1cccc(Nc2ccccc2C(=O)N/N=C/c2cccc(O)c2)c1C. The molecular weight excluding hydrogens is 338 g/mol. The Kier molecular flexibility index (Phi) is 5.52. The number of aromatic hydroxyl groups is 1. The van der Waals surface area contributed by atoms with Gasteiger partial charge in [0.15, 0.2) is 0 Å². The summed E-state index contributed by atoms with van der Waals surface area (Å²) in [5.41, 5.74) is 7.69. The second-order valence-electron chi connectivity index (χ2n) is 6.21. The fourth-order valence-electron chi connectivity index (χ4n) is 2.65. The second-order valence-corrected chi connectivity index (χ2v) is 6.21. The van der Waals surface area contributed by atoms with Gasteiger partial charge in [-0.15, -0.1) is 0 Å². The molecule has 136 valence electrons. The van der Waals surface area contributed by atoms with Crippen molar-refractivity contribution in [3.8, 4) is 5.75 Å². The minimum Gasteiger partial charge on any atom is -0.508 e. The van der Waals surface area contributed by atoms with E-state index in [1.807, 2.05) is 37.3 Å². The third-order valence-corrected chi connectivity index (χ3v) is 4.30. The van der Waals surface area contributed by atoms with Crippen LogP contribution in [-0.2, 0) is 0 Å². The second kappa shape index (κ2) is 8.19. The van der Waals surface area contributed by atoms with E-state index in [1.54, 1.807) is 30.3 Å². The van der Waals surface area contributed by atoms with Gasteiger partial charge in [0.25, 0.3) is 5.91 Å². The van der Waals surface area contributed by atoms with Crippen LogP contribution in [0.15, 0.2) is 71.8 Å². The summed E-state index contributed by atoms with van der Waals surface area (Å²) in [5, 5.41) is 16.8. The van der Waals surface area contributed by atoms with Crippen LogP contribution in [0.1, 0.15) is 27.0 Å². The lowest BCUT2D eigenvalue weighted by atomic mass is 10.1. The molecule has 0 aliphatic carbocycles. The average molecular weight is 359 g/mol. The number of phenols is 1. The third kappa shape index (κ3) is 4.52. The van der Waals surface area contributed by atoms with E-state index in [0.29, 0.717) is 16.8 Å². The molecule has 0 spiro atoms. The van der Waals surface area contributed by atoms with E-state index in [0.717, 1.165) is 11.3 Å². The van der Waals surface area contributed by atoms with Gasteiger partial charge >= 0.3 is 0 Å². The smallest absolute Gasteiger partial charge is 0.273 e. The van der Waals surface area contributed by atoms with E-state index < -0.39 is 0 Å². The first-order chi connectivity index (χ1) is 13.0. The number of para-hydroxylation sites is 1. The van der Waals surface area contributed by atoms with Crippen molar-refractivity contribution in [2.75, 3.05) is 5.32 Å². The summed E-state index contributed by atoms with van der Waals surface area (Å²) in [6.07, 6.45) is 1.48. The summed E-state index contributed by atoms with van der Waals surface area (Å²) in [6.45, 7) is 4.09. The Morgan fingerprint density at radius 3 is 2.52 bits per heavy atom. The molecule has 0 bridgehead atoms. The van der Waals surface area contributed by atoms with Crippen molar-refractivity contribution in [2.45, 2.75) is 13.8 Å². The molecule has 3 rings (SSSR count). The molecule has 0 heterocycles. The van der Waals surface area contributed by atoms with Crippen LogP contribution in [0.2, 0.25) is 0 Å². The maximum Gasteiger partial charge on any atom is 0.273 e. The lowest BCUT2D eigenvalue weighted by Gasteiger charge is -2.14. The Bertz CT molecular complexity index is 996. The number of benzene rings is 3. The minimum absolute atomic E-state index is 0.147. The Morgan fingerprint density at radius 2 is 1.70 bits per heavy atom. The van der Waals surface area contributed by atoms with Crippen LogP contribution in [0.5, 0.6) is 5.75 Å². The number of rotatable bonds is 5. The molecule has 0 unspecified atom stereocenters.